The van der Waals surface area contributed by atoms with Crippen molar-refractivity contribution >= 4 is 29.6 Å². The summed E-state index contributed by atoms with van der Waals surface area (Å²) >= 11 is 1.19. The van der Waals surface area contributed by atoms with Crippen LogP contribution in [0.2, 0.25) is 0 Å². The fourth-order valence-corrected chi connectivity index (χ4v) is 3.24. The lowest BCUT2D eigenvalue weighted by molar-refractivity contribution is -0.165. The predicted molar refractivity (Wildman–Crippen MR) is 85.4 cm³/mol. The smallest absolute Gasteiger partial charge is 0.361 e. The number of thioether (sulfide) groups is 1. The molecule has 1 heterocycles. The van der Waals surface area contributed by atoms with Gasteiger partial charge in [0.05, 0.1) is 6.42 Å². The Hall–Kier alpha value is -2.02. The van der Waals surface area contributed by atoms with Gasteiger partial charge in [-0.2, -0.15) is 0 Å². The second-order valence-electron chi connectivity index (χ2n) is 5.12. The molecular weight excluding hydrogens is 318 g/mol. The second-order valence-corrected chi connectivity index (χ2v) is 6.48. The van der Waals surface area contributed by atoms with Crippen molar-refractivity contribution in [3.05, 3.63) is 35.9 Å². The van der Waals surface area contributed by atoms with E-state index in [1.807, 2.05) is 30.3 Å². The summed E-state index contributed by atoms with van der Waals surface area (Å²) in [6.07, 6.45) is 0.470. The number of benzene rings is 1. The molecule has 0 aliphatic carbocycles. The fraction of sp³-hybridized carbons (Fsp3) is 0.438. The number of rotatable bonds is 7. The lowest BCUT2D eigenvalue weighted by atomic mass is 10.2. The highest BCUT2D eigenvalue weighted by Crippen LogP contribution is 2.38. The van der Waals surface area contributed by atoms with Crippen molar-refractivity contribution in [2.45, 2.75) is 31.3 Å². The normalized spacial score (nSPS) is 20.0. The Kier molecular flexibility index (Phi) is 6.04. The number of ether oxygens (including phenoxy) is 2. The van der Waals surface area contributed by atoms with E-state index < -0.39 is 16.9 Å². The molecule has 124 valence electrons. The van der Waals surface area contributed by atoms with Crippen molar-refractivity contribution in [1.82, 2.24) is 5.32 Å². The first-order chi connectivity index (χ1) is 11.0. The van der Waals surface area contributed by atoms with E-state index in [-0.39, 0.29) is 25.4 Å². The summed E-state index contributed by atoms with van der Waals surface area (Å²) < 4.78 is 10.6. The van der Waals surface area contributed by atoms with Crippen molar-refractivity contribution < 1.29 is 23.9 Å². The Bertz CT molecular complexity index is 577. The van der Waals surface area contributed by atoms with Crippen LogP contribution in [0.5, 0.6) is 0 Å². The van der Waals surface area contributed by atoms with E-state index in [2.05, 4.69) is 5.32 Å². The standard InChI is InChI=1S/C16H19NO5S/c1-12(18)17-9-10-23-16(8-7-14(19)22-16)15(20)21-11-13-5-3-2-4-6-13/h2-6H,7-11H2,1H3,(H,17,18). The first-order valence-electron chi connectivity index (χ1n) is 7.33. The summed E-state index contributed by atoms with van der Waals surface area (Å²) in [5.74, 6) is -0.656. The zero-order valence-corrected chi connectivity index (χ0v) is 13.7. The summed E-state index contributed by atoms with van der Waals surface area (Å²) in [5, 5.41) is 2.64. The topological polar surface area (TPSA) is 81.7 Å². The summed E-state index contributed by atoms with van der Waals surface area (Å²) in [5.41, 5.74) is 0.864. The Balaban J connectivity index is 1.92. The molecular formula is C16H19NO5S. The molecule has 1 aliphatic rings. The molecule has 1 amide bonds. The summed E-state index contributed by atoms with van der Waals surface area (Å²) in [4.78, 5) is 33.4. The van der Waals surface area contributed by atoms with Crippen LogP contribution < -0.4 is 5.32 Å². The minimum Gasteiger partial charge on any atom is -0.457 e. The van der Waals surface area contributed by atoms with Gasteiger partial charge in [0.15, 0.2) is 0 Å². The molecule has 1 unspecified atom stereocenters. The molecule has 1 atom stereocenters. The second kappa shape index (κ2) is 8.01. The average molecular weight is 337 g/mol. The summed E-state index contributed by atoms with van der Waals surface area (Å²) in [6, 6.07) is 9.30. The van der Waals surface area contributed by atoms with Gasteiger partial charge in [-0.15, -0.1) is 11.8 Å². The van der Waals surface area contributed by atoms with E-state index in [4.69, 9.17) is 9.47 Å². The van der Waals surface area contributed by atoms with Gasteiger partial charge in [-0.3, -0.25) is 9.59 Å². The molecule has 6 nitrogen and oxygen atoms in total. The molecule has 1 aliphatic heterocycles. The number of hydrogen-bond acceptors (Lipinski definition) is 6. The van der Waals surface area contributed by atoms with Crippen LogP contribution in [0.4, 0.5) is 0 Å². The molecule has 1 fully saturated rings. The zero-order valence-electron chi connectivity index (χ0n) is 12.9. The van der Waals surface area contributed by atoms with Crippen LogP contribution in [0.15, 0.2) is 30.3 Å². The molecule has 0 aromatic heterocycles. The molecule has 1 N–H and O–H groups in total. The van der Waals surface area contributed by atoms with E-state index >= 15 is 0 Å². The third-order valence-corrected chi connectivity index (χ3v) is 4.60. The highest BCUT2D eigenvalue weighted by molar-refractivity contribution is 8.01. The number of cyclic esters (lactones) is 1. The number of esters is 2. The van der Waals surface area contributed by atoms with E-state index in [9.17, 15) is 14.4 Å². The SMILES string of the molecule is CC(=O)NCCSC1(C(=O)OCc2ccccc2)CCC(=O)O1. The molecule has 23 heavy (non-hydrogen) atoms. The minimum absolute atomic E-state index is 0.130. The molecule has 0 bridgehead atoms. The van der Waals surface area contributed by atoms with Crippen LogP contribution in [-0.2, 0) is 30.5 Å². The van der Waals surface area contributed by atoms with Gasteiger partial charge in [0, 0.05) is 25.6 Å². The van der Waals surface area contributed by atoms with Crippen LogP contribution in [0.3, 0.4) is 0 Å². The zero-order chi connectivity index (χ0) is 16.7. The van der Waals surface area contributed by atoms with Gasteiger partial charge in [-0.05, 0) is 5.56 Å². The first-order valence-corrected chi connectivity index (χ1v) is 8.32. The van der Waals surface area contributed by atoms with Gasteiger partial charge in [-0.25, -0.2) is 4.79 Å². The van der Waals surface area contributed by atoms with Crippen molar-refractivity contribution in [2.24, 2.45) is 0 Å². The molecule has 1 saturated heterocycles. The molecule has 0 spiro atoms. The van der Waals surface area contributed by atoms with Crippen LogP contribution >= 0.6 is 11.8 Å². The Morgan fingerprint density at radius 1 is 1.35 bits per heavy atom. The van der Waals surface area contributed by atoms with Gasteiger partial charge in [-0.1, -0.05) is 30.3 Å². The number of amides is 1. The largest absolute Gasteiger partial charge is 0.457 e. The molecule has 7 heteroatoms. The molecule has 0 radical (unpaired) electrons. The highest BCUT2D eigenvalue weighted by atomic mass is 32.2. The van der Waals surface area contributed by atoms with Crippen LogP contribution in [0.1, 0.15) is 25.3 Å². The minimum atomic E-state index is -1.30. The predicted octanol–water partition coefficient (Wildman–Crippen LogP) is 1.63. The van der Waals surface area contributed by atoms with Crippen molar-refractivity contribution in [1.29, 1.82) is 0 Å². The molecule has 0 saturated carbocycles. The Labute approximate surface area is 138 Å². The lowest BCUT2D eigenvalue weighted by Gasteiger charge is -2.24. The monoisotopic (exact) mass is 337 g/mol. The molecule has 1 aromatic rings. The van der Waals surface area contributed by atoms with Crippen molar-refractivity contribution in [3.63, 3.8) is 0 Å². The Morgan fingerprint density at radius 2 is 2.09 bits per heavy atom. The highest BCUT2D eigenvalue weighted by Gasteiger charge is 2.49. The van der Waals surface area contributed by atoms with Crippen molar-refractivity contribution in [3.8, 4) is 0 Å². The summed E-state index contributed by atoms with van der Waals surface area (Å²) in [6.45, 7) is 1.95. The van der Waals surface area contributed by atoms with E-state index in [1.165, 1.54) is 18.7 Å². The average Bonchev–Trinajstić information content (AvgIpc) is 2.92. The van der Waals surface area contributed by atoms with E-state index in [0.29, 0.717) is 12.3 Å². The number of nitrogens with one attached hydrogen (secondary N) is 1. The third-order valence-electron chi connectivity index (χ3n) is 3.27. The van der Waals surface area contributed by atoms with Gasteiger partial charge >= 0.3 is 11.9 Å². The maximum absolute atomic E-state index is 12.4. The fourth-order valence-electron chi connectivity index (χ4n) is 2.13. The van der Waals surface area contributed by atoms with Crippen LogP contribution in [0, 0.1) is 0 Å². The van der Waals surface area contributed by atoms with Gasteiger partial charge in [0.2, 0.25) is 5.91 Å². The van der Waals surface area contributed by atoms with Gasteiger partial charge < -0.3 is 14.8 Å². The van der Waals surface area contributed by atoms with Crippen molar-refractivity contribution in [2.75, 3.05) is 12.3 Å². The van der Waals surface area contributed by atoms with Crippen LogP contribution in [0.25, 0.3) is 0 Å². The van der Waals surface area contributed by atoms with E-state index in [1.54, 1.807) is 0 Å². The lowest BCUT2D eigenvalue weighted by Crippen LogP contribution is -2.38. The molecule has 1 aromatic carbocycles. The van der Waals surface area contributed by atoms with E-state index in [0.717, 1.165) is 5.56 Å². The quantitative estimate of drug-likeness (QED) is 0.602. The van der Waals surface area contributed by atoms with Crippen LogP contribution in [-0.4, -0.2) is 35.1 Å². The number of hydrogen-bond donors (Lipinski definition) is 1. The number of carbonyl (C=O) groups excluding carboxylic acids is 3. The van der Waals surface area contributed by atoms with Gasteiger partial charge in [0.1, 0.15) is 6.61 Å². The maximum Gasteiger partial charge on any atom is 0.361 e. The third kappa shape index (κ3) is 4.99. The summed E-state index contributed by atoms with van der Waals surface area (Å²) in [7, 11) is 0. The first kappa shape index (κ1) is 17.3. The van der Waals surface area contributed by atoms with Gasteiger partial charge in [0.25, 0.3) is 4.93 Å². The Morgan fingerprint density at radius 3 is 2.70 bits per heavy atom. The number of carbonyl (C=O) groups is 3. The maximum atomic E-state index is 12.4. The molecule has 2 rings (SSSR count).